The van der Waals surface area contributed by atoms with E-state index >= 15 is 0 Å². The number of hydrogen-bond acceptors (Lipinski definition) is 5. The van der Waals surface area contributed by atoms with Gasteiger partial charge >= 0.3 is 0 Å². The van der Waals surface area contributed by atoms with E-state index in [0.717, 1.165) is 17.0 Å². The molecule has 2 aromatic carbocycles. The summed E-state index contributed by atoms with van der Waals surface area (Å²) in [4.78, 5) is 14.2. The van der Waals surface area contributed by atoms with Gasteiger partial charge in [0, 0.05) is 19.3 Å². The lowest BCUT2D eigenvalue weighted by molar-refractivity contribution is -0.115. The number of rotatable bonds is 9. The van der Waals surface area contributed by atoms with Gasteiger partial charge in [-0.2, -0.15) is 0 Å². The van der Waals surface area contributed by atoms with Crippen molar-refractivity contribution >= 4 is 23.4 Å². The third kappa shape index (κ3) is 5.48. The Morgan fingerprint density at radius 1 is 1.21 bits per heavy atom. The second-order valence-corrected chi connectivity index (χ2v) is 7.42. The standard InChI is InChI=1S/C22H24N4O2S/c1-4-13-26-20(15-28-19-12-8-9-17(2)14-19)23-24-22(26)29-16-21(27)25(3)18-10-6-5-7-11-18/h4-12,14H,1,13,15-16H2,2-3H3. The molecule has 0 aliphatic heterocycles. The zero-order chi connectivity index (χ0) is 20.6. The maximum absolute atomic E-state index is 12.5. The molecule has 0 atom stereocenters. The number of benzene rings is 2. The van der Waals surface area contributed by atoms with Crippen molar-refractivity contribution in [1.29, 1.82) is 0 Å². The number of aryl methyl sites for hydroxylation is 1. The highest BCUT2D eigenvalue weighted by Gasteiger charge is 2.16. The number of nitrogens with zero attached hydrogens (tertiary/aromatic N) is 4. The monoisotopic (exact) mass is 408 g/mol. The fourth-order valence-corrected chi connectivity index (χ4v) is 3.60. The lowest BCUT2D eigenvalue weighted by Gasteiger charge is -2.17. The molecule has 7 heteroatoms. The summed E-state index contributed by atoms with van der Waals surface area (Å²) in [7, 11) is 1.77. The Morgan fingerprint density at radius 2 is 2.00 bits per heavy atom. The first-order chi connectivity index (χ1) is 14.1. The molecule has 150 valence electrons. The van der Waals surface area contributed by atoms with E-state index in [1.807, 2.05) is 66.1 Å². The van der Waals surface area contributed by atoms with Crippen LogP contribution in [0.2, 0.25) is 0 Å². The van der Waals surface area contributed by atoms with Crippen LogP contribution in [0.1, 0.15) is 11.4 Å². The lowest BCUT2D eigenvalue weighted by Crippen LogP contribution is -2.28. The Labute approximate surface area is 175 Å². The normalized spacial score (nSPS) is 10.6. The van der Waals surface area contributed by atoms with Crippen LogP contribution in [-0.2, 0) is 17.9 Å². The summed E-state index contributed by atoms with van der Waals surface area (Å²) in [6.07, 6.45) is 1.78. The van der Waals surface area contributed by atoms with E-state index in [4.69, 9.17) is 4.74 Å². The van der Waals surface area contributed by atoms with Crippen LogP contribution in [0, 0.1) is 6.92 Å². The molecule has 6 nitrogen and oxygen atoms in total. The molecule has 0 N–H and O–H groups in total. The first kappa shape index (κ1) is 20.7. The Balaban J connectivity index is 1.65. The second kappa shape index (κ2) is 9.93. The van der Waals surface area contributed by atoms with E-state index in [9.17, 15) is 4.79 Å². The summed E-state index contributed by atoms with van der Waals surface area (Å²) in [5.41, 5.74) is 1.99. The predicted octanol–water partition coefficient (Wildman–Crippen LogP) is 4.11. The first-order valence-corrected chi connectivity index (χ1v) is 10.2. The molecule has 0 fully saturated rings. The zero-order valence-corrected chi connectivity index (χ0v) is 17.4. The molecular weight excluding hydrogens is 384 g/mol. The van der Waals surface area contributed by atoms with Crippen molar-refractivity contribution < 1.29 is 9.53 Å². The Morgan fingerprint density at radius 3 is 2.72 bits per heavy atom. The molecular formula is C22H24N4O2S. The number of aromatic nitrogens is 3. The van der Waals surface area contributed by atoms with E-state index in [-0.39, 0.29) is 11.7 Å². The largest absolute Gasteiger partial charge is 0.486 e. The number of hydrogen-bond donors (Lipinski definition) is 0. The van der Waals surface area contributed by atoms with E-state index < -0.39 is 0 Å². The maximum Gasteiger partial charge on any atom is 0.237 e. The number of amides is 1. The second-order valence-electron chi connectivity index (χ2n) is 6.48. The number of thioether (sulfide) groups is 1. The van der Waals surface area contributed by atoms with Crippen LogP contribution in [0.3, 0.4) is 0 Å². The quantitative estimate of drug-likeness (QED) is 0.394. The highest BCUT2D eigenvalue weighted by molar-refractivity contribution is 7.99. The summed E-state index contributed by atoms with van der Waals surface area (Å²) in [5.74, 6) is 1.73. The molecule has 1 heterocycles. The Bertz CT molecular complexity index is 972. The summed E-state index contributed by atoms with van der Waals surface area (Å²) < 4.78 is 7.77. The van der Waals surface area contributed by atoms with E-state index in [1.165, 1.54) is 11.8 Å². The summed E-state index contributed by atoms with van der Waals surface area (Å²) in [5, 5.41) is 9.16. The third-order valence-electron chi connectivity index (χ3n) is 4.30. The van der Waals surface area contributed by atoms with Crippen LogP contribution in [0.5, 0.6) is 5.75 Å². The molecule has 3 aromatic rings. The van der Waals surface area contributed by atoms with Crippen molar-refractivity contribution in [3.63, 3.8) is 0 Å². The summed E-state index contributed by atoms with van der Waals surface area (Å²) in [6, 6.07) is 17.4. The fraction of sp³-hybridized carbons (Fsp3) is 0.227. The van der Waals surface area contributed by atoms with Crippen molar-refractivity contribution in [3.05, 3.63) is 78.6 Å². The van der Waals surface area contributed by atoms with Crippen molar-refractivity contribution in [2.24, 2.45) is 0 Å². The van der Waals surface area contributed by atoms with Crippen LogP contribution in [-0.4, -0.2) is 33.5 Å². The number of ether oxygens (including phenoxy) is 1. The number of carbonyl (C=O) groups excluding carboxylic acids is 1. The van der Waals surface area contributed by atoms with Gasteiger partial charge in [0.05, 0.1) is 5.75 Å². The molecule has 0 radical (unpaired) electrons. The van der Waals surface area contributed by atoms with Crippen molar-refractivity contribution in [3.8, 4) is 5.75 Å². The highest BCUT2D eigenvalue weighted by atomic mass is 32.2. The average Bonchev–Trinajstić information content (AvgIpc) is 3.12. The smallest absolute Gasteiger partial charge is 0.237 e. The van der Waals surface area contributed by atoms with Gasteiger partial charge in [-0.15, -0.1) is 16.8 Å². The van der Waals surface area contributed by atoms with Gasteiger partial charge in [0.15, 0.2) is 11.0 Å². The highest BCUT2D eigenvalue weighted by Crippen LogP contribution is 2.21. The zero-order valence-electron chi connectivity index (χ0n) is 16.6. The average molecular weight is 409 g/mol. The molecule has 0 saturated carbocycles. The van der Waals surface area contributed by atoms with Gasteiger partial charge < -0.3 is 9.64 Å². The van der Waals surface area contributed by atoms with Gasteiger partial charge in [-0.3, -0.25) is 9.36 Å². The van der Waals surface area contributed by atoms with E-state index in [2.05, 4.69) is 16.8 Å². The van der Waals surface area contributed by atoms with Crippen LogP contribution < -0.4 is 9.64 Å². The minimum absolute atomic E-state index is 0.00749. The molecule has 0 saturated heterocycles. The molecule has 29 heavy (non-hydrogen) atoms. The van der Waals surface area contributed by atoms with Crippen LogP contribution in [0.15, 0.2) is 72.4 Å². The molecule has 0 spiro atoms. The summed E-state index contributed by atoms with van der Waals surface area (Å²) in [6.45, 7) is 6.67. The van der Waals surface area contributed by atoms with Gasteiger partial charge in [-0.25, -0.2) is 0 Å². The fourth-order valence-electron chi connectivity index (χ4n) is 2.72. The molecule has 0 bridgehead atoms. The number of para-hydroxylation sites is 1. The predicted molar refractivity (Wildman–Crippen MR) is 116 cm³/mol. The number of carbonyl (C=O) groups is 1. The summed E-state index contributed by atoms with van der Waals surface area (Å²) >= 11 is 1.36. The SMILES string of the molecule is C=CCn1c(COc2cccc(C)c2)nnc1SCC(=O)N(C)c1ccccc1. The van der Waals surface area contributed by atoms with Crippen LogP contribution in [0.4, 0.5) is 5.69 Å². The van der Waals surface area contributed by atoms with Gasteiger partial charge in [-0.05, 0) is 36.8 Å². The third-order valence-corrected chi connectivity index (χ3v) is 5.26. The van der Waals surface area contributed by atoms with Crippen LogP contribution >= 0.6 is 11.8 Å². The minimum Gasteiger partial charge on any atom is -0.486 e. The molecule has 0 unspecified atom stereocenters. The topological polar surface area (TPSA) is 60.2 Å². The first-order valence-electron chi connectivity index (χ1n) is 9.25. The van der Waals surface area contributed by atoms with E-state index in [1.54, 1.807) is 18.0 Å². The number of anilines is 1. The lowest BCUT2D eigenvalue weighted by atomic mass is 10.2. The maximum atomic E-state index is 12.5. The molecule has 0 aliphatic carbocycles. The molecule has 1 amide bonds. The van der Waals surface area contributed by atoms with Crippen LogP contribution in [0.25, 0.3) is 0 Å². The van der Waals surface area contributed by atoms with Crippen molar-refractivity contribution in [2.45, 2.75) is 25.2 Å². The van der Waals surface area contributed by atoms with E-state index in [0.29, 0.717) is 24.1 Å². The molecule has 0 aliphatic rings. The minimum atomic E-state index is -0.00749. The Kier molecular flexibility index (Phi) is 7.08. The van der Waals surface area contributed by atoms with Gasteiger partial charge in [0.1, 0.15) is 12.4 Å². The van der Waals surface area contributed by atoms with Gasteiger partial charge in [0.25, 0.3) is 0 Å². The molecule has 3 rings (SSSR count). The van der Waals surface area contributed by atoms with Crippen molar-refractivity contribution in [1.82, 2.24) is 14.8 Å². The molecule has 1 aromatic heterocycles. The van der Waals surface area contributed by atoms with Gasteiger partial charge in [-0.1, -0.05) is 48.2 Å². The van der Waals surface area contributed by atoms with Gasteiger partial charge in [0.2, 0.25) is 5.91 Å². The Hall–Kier alpha value is -3.06. The number of allylic oxidation sites excluding steroid dienone is 1. The van der Waals surface area contributed by atoms with Crippen molar-refractivity contribution in [2.75, 3.05) is 17.7 Å².